The summed E-state index contributed by atoms with van der Waals surface area (Å²) in [4.78, 5) is 15.8. The second-order valence-electron chi connectivity index (χ2n) is 5.80. The van der Waals surface area contributed by atoms with Crippen LogP contribution in [-0.4, -0.2) is 55.0 Å². The van der Waals surface area contributed by atoms with Crippen molar-refractivity contribution < 1.29 is 18.0 Å². The maximum Gasteiger partial charge on any atom is 0.416 e. The van der Waals surface area contributed by atoms with E-state index in [1.165, 1.54) is 12.1 Å². The predicted octanol–water partition coefficient (Wildman–Crippen LogP) is 1.96. The maximum atomic E-state index is 12.7. The van der Waals surface area contributed by atoms with Gasteiger partial charge in [0.25, 0.3) is 0 Å². The van der Waals surface area contributed by atoms with Crippen molar-refractivity contribution in [2.75, 3.05) is 33.2 Å². The van der Waals surface area contributed by atoms with Crippen LogP contribution in [0.25, 0.3) is 0 Å². The molecule has 0 radical (unpaired) electrons. The zero-order valence-electron chi connectivity index (χ0n) is 13.4. The fourth-order valence-electron chi connectivity index (χ4n) is 2.79. The van der Waals surface area contributed by atoms with E-state index in [-0.39, 0.29) is 11.9 Å². The molecule has 0 unspecified atom stereocenters. The highest BCUT2D eigenvalue weighted by molar-refractivity contribution is 5.80. The van der Waals surface area contributed by atoms with E-state index in [0.717, 1.165) is 32.2 Å². The van der Waals surface area contributed by atoms with Crippen LogP contribution in [0.4, 0.5) is 13.2 Å². The summed E-state index contributed by atoms with van der Waals surface area (Å²) in [5.74, 6) is -0.0173. The molecule has 0 aliphatic carbocycles. The van der Waals surface area contributed by atoms with E-state index in [1.54, 1.807) is 13.1 Å². The molecule has 128 valence electrons. The fraction of sp³-hybridized carbons (Fsp3) is 0.562. The van der Waals surface area contributed by atoms with Gasteiger partial charge in [-0.1, -0.05) is 18.2 Å². The number of hydrogen-bond acceptors (Lipinski definition) is 3. The molecule has 1 saturated heterocycles. The summed E-state index contributed by atoms with van der Waals surface area (Å²) in [6.45, 7) is 5.28. The average Bonchev–Trinajstić information content (AvgIpc) is 2.53. The van der Waals surface area contributed by atoms with E-state index in [4.69, 9.17) is 0 Å². The molecule has 0 saturated carbocycles. The lowest BCUT2D eigenvalue weighted by Crippen LogP contribution is -2.53. The van der Waals surface area contributed by atoms with Gasteiger partial charge in [-0.3, -0.25) is 14.6 Å². The van der Waals surface area contributed by atoms with Crippen molar-refractivity contribution in [3.63, 3.8) is 0 Å². The average molecular weight is 329 g/mol. The number of benzene rings is 1. The zero-order chi connectivity index (χ0) is 17.0. The third-order valence-corrected chi connectivity index (χ3v) is 4.24. The van der Waals surface area contributed by atoms with Gasteiger partial charge in [-0.15, -0.1) is 0 Å². The molecule has 1 aliphatic heterocycles. The summed E-state index contributed by atoms with van der Waals surface area (Å²) in [7, 11) is 1.61. The highest BCUT2D eigenvalue weighted by Crippen LogP contribution is 2.29. The van der Waals surface area contributed by atoms with Crippen molar-refractivity contribution in [2.45, 2.75) is 25.7 Å². The fourth-order valence-corrected chi connectivity index (χ4v) is 2.79. The van der Waals surface area contributed by atoms with Gasteiger partial charge in [-0.05, 0) is 18.6 Å². The number of carbonyl (C=O) groups excluding carboxylic acids is 1. The maximum absolute atomic E-state index is 12.7. The zero-order valence-corrected chi connectivity index (χ0v) is 13.4. The summed E-state index contributed by atoms with van der Waals surface area (Å²) in [6.07, 6.45) is -4.31. The van der Waals surface area contributed by atoms with Crippen LogP contribution in [0.2, 0.25) is 0 Å². The van der Waals surface area contributed by atoms with Crippen LogP contribution >= 0.6 is 0 Å². The summed E-state index contributed by atoms with van der Waals surface area (Å²) in [6, 6.07) is 5.28. The SMILES string of the molecule is CNC(=O)[C@@H](C)N1CCN(Cc2cccc(C(F)(F)F)c2)CC1. The van der Waals surface area contributed by atoms with E-state index in [2.05, 4.69) is 15.1 Å². The molecule has 0 spiro atoms. The lowest BCUT2D eigenvalue weighted by molar-refractivity contribution is -0.137. The first-order chi connectivity index (χ1) is 10.8. The van der Waals surface area contributed by atoms with Gasteiger partial charge in [0.15, 0.2) is 0 Å². The van der Waals surface area contributed by atoms with E-state index >= 15 is 0 Å². The predicted molar refractivity (Wildman–Crippen MR) is 81.8 cm³/mol. The quantitative estimate of drug-likeness (QED) is 0.917. The standard InChI is InChI=1S/C16H22F3N3O/c1-12(15(23)20-2)22-8-6-21(7-9-22)11-13-4-3-5-14(10-13)16(17,18)19/h3-5,10,12H,6-9,11H2,1-2H3,(H,20,23)/t12-/m1/s1. The molecule has 1 aromatic carbocycles. The van der Waals surface area contributed by atoms with Crippen molar-refractivity contribution in [2.24, 2.45) is 0 Å². The van der Waals surface area contributed by atoms with Crippen molar-refractivity contribution in [3.05, 3.63) is 35.4 Å². The Balaban J connectivity index is 1.91. The number of piperazine rings is 1. The first kappa shape index (κ1) is 17.7. The van der Waals surface area contributed by atoms with Crippen LogP contribution in [-0.2, 0) is 17.5 Å². The lowest BCUT2D eigenvalue weighted by atomic mass is 10.1. The third kappa shape index (κ3) is 4.68. The Morgan fingerprint density at radius 1 is 1.26 bits per heavy atom. The first-order valence-corrected chi connectivity index (χ1v) is 7.65. The summed E-state index contributed by atoms with van der Waals surface area (Å²) in [5.41, 5.74) is 0.0505. The second kappa shape index (κ2) is 7.31. The van der Waals surface area contributed by atoms with Crippen molar-refractivity contribution in [1.29, 1.82) is 0 Å². The van der Waals surface area contributed by atoms with Crippen LogP contribution in [0.5, 0.6) is 0 Å². The largest absolute Gasteiger partial charge is 0.416 e. The smallest absolute Gasteiger partial charge is 0.358 e. The van der Waals surface area contributed by atoms with Crippen molar-refractivity contribution >= 4 is 5.91 Å². The molecule has 2 rings (SSSR count). The number of amides is 1. The molecule has 1 aliphatic rings. The minimum Gasteiger partial charge on any atom is -0.358 e. The number of rotatable bonds is 4. The number of halogens is 3. The molecule has 1 heterocycles. The lowest BCUT2D eigenvalue weighted by Gasteiger charge is -2.37. The second-order valence-corrected chi connectivity index (χ2v) is 5.80. The molecular formula is C16H22F3N3O. The molecule has 4 nitrogen and oxygen atoms in total. The van der Waals surface area contributed by atoms with E-state index in [0.29, 0.717) is 12.1 Å². The molecule has 0 bridgehead atoms. The number of hydrogen-bond donors (Lipinski definition) is 1. The van der Waals surface area contributed by atoms with Gasteiger partial charge < -0.3 is 5.32 Å². The minimum absolute atomic E-state index is 0.0173. The number of likely N-dealkylation sites (N-methyl/N-ethyl adjacent to an activating group) is 1. The van der Waals surface area contributed by atoms with Crippen LogP contribution < -0.4 is 5.32 Å². The highest BCUT2D eigenvalue weighted by Gasteiger charge is 2.30. The van der Waals surface area contributed by atoms with E-state index in [1.807, 2.05) is 6.92 Å². The monoisotopic (exact) mass is 329 g/mol. The number of nitrogens with one attached hydrogen (secondary N) is 1. The van der Waals surface area contributed by atoms with Gasteiger partial charge in [0.1, 0.15) is 0 Å². The van der Waals surface area contributed by atoms with E-state index in [9.17, 15) is 18.0 Å². The Kier molecular flexibility index (Phi) is 5.64. The molecule has 1 amide bonds. The summed E-state index contributed by atoms with van der Waals surface area (Å²) in [5, 5.41) is 2.63. The molecule has 1 aromatic rings. The number of alkyl halides is 3. The van der Waals surface area contributed by atoms with Crippen molar-refractivity contribution in [1.82, 2.24) is 15.1 Å². The van der Waals surface area contributed by atoms with Crippen LogP contribution in [0.3, 0.4) is 0 Å². The van der Waals surface area contributed by atoms with Crippen LogP contribution in [0, 0.1) is 0 Å². The normalized spacial score (nSPS) is 18.7. The summed E-state index contributed by atoms with van der Waals surface area (Å²) >= 11 is 0. The van der Waals surface area contributed by atoms with Crippen LogP contribution in [0.1, 0.15) is 18.1 Å². The molecular weight excluding hydrogens is 307 g/mol. The molecule has 23 heavy (non-hydrogen) atoms. The van der Waals surface area contributed by atoms with Gasteiger partial charge in [-0.25, -0.2) is 0 Å². The Hall–Kier alpha value is -1.60. The highest BCUT2D eigenvalue weighted by atomic mass is 19.4. The Labute approximate surface area is 134 Å². The molecule has 1 fully saturated rings. The van der Waals surface area contributed by atoms with Gasteiger partial charge in [0, 0.05) is 39.8 Å². The summed E-state index contributed by atoms with van der Waals surface area (Å²) < 4.78 is 38.2. The number of nitrogens with zero attached hydrogens (tertiary/aromatic N) is 2. The van der Waals surface area contributed by atoms with E-state index < -0.39 is 11.7 Å². The minimum atomic E-state index is -4.31. The Morgan fingerprint density at radius 3 is 2.48 bits per heavy atom. The molecule has 1 N–H and O–H groups in total. The molecule has 7 heteroatoms. The van der Waals surface area contributed by atoms with Gasteiger partial charge in [0.05, 0.1) is 11.6 Å². The van der Waals surface area contributed by atoms with Crippen LogP contribution in [0.15, 0.2) is 24.3 Å². The molecule has 0 aromatic heterocycles. The van der Waals surface area contributed by atoms with Crippen molar-refractivity contribution in [3.8, 4) is 0 Å². The Morgan fingerprint density at radius 2 is 1.91 bits per heavy atom. The Bertz CT molecular complexity index is 540. The van der Waals surface area contributed by atoms with Gasteiger partial charge >= 0.3 is 6.18 Å². The third-order valence-electron chi connectivity index (χ3n) is 4.24. The topological polar surface area (TPSA) is 35.6 Å². The number of carbonyl (C=O) groups is 1. The first-order valence-electron chi connectivity index (χ1n) is 7.65. The van der Waals surface area contributed by atoms with Gasteiger partial charge in [0.2, 0.25) is 5.91 Å². The van der Waals surface area contributed by atoms with Gasteiger partial charge in [-0.2, -0.15) is 13.2 Å². The molecule has 1 atom stereocenters.